The van der Waals surface area contributed by atoms with E-state index in [2.05, 4.69) is 29.6 Å². The summed E-state index contributed by atoms with van der Waals surface area (Å²) in [6.45, 7) is 0.657. The number of alkyl carbamates (subject to hydrolysis) is 1. The molecule has 1 fully saturated rings. The van der Waals surface area contributed by atoms with Crippen molar-refractivity contribution < 1.29 is 24.2 Å². The fraction of sp³-hybridized carbons (Fsp3) is 0.344. The zero-order valence-electron chi connectivity index (χ0n) is 21.9. The first-order valence-corrected chi connectivity index (χ1v) is 13.6. The number of nitrogens with zero attached hydrogens (tertiary/aromatic N) is 1. The molecular weight excluding hydrogens is 492 g/mol. The van der Waals surface area contributed by atoms with Crippen LogP contribution in [0.1, 0.15) is 54.7 Å². The molecule has 2 aliphatic rings. The molecule has 3 aromatic carbocycles. The number of amides is 2. The van der Waals surface area contributed by atoms with E-state index in [1.54, 1.807) is 4.90 Å². The minimum absolute atomic E-state index is 0.0377. The Morgan fingerprint density at radius 3 is 2.10 bits per heavy atom. The number of carbonyl (C=O) groups excluding carboxylic acids is 2. The molecule has 0 aliphatic heterocycles. The van der Waals surface area contributed by atoms with Crippen LogP contribution >= 0.6 is 0 Å². The summed E-state index contributed by atoms with van der Waals surface area (Å²) in [4.78, 5) is 39.2. The molecule has 0 heterocycles. The molecule has 7 nitrogen and oxygen atoms in total. The maximum Gasteiger partial charge on any atom is 0.407 e. The van der Waals surface area contributed by atoms with Crippen molar-refractivity contribution in [3.8, 4) is 11.1 Å². The molecule has 0 aromatic heterocycles. The van der Waals surface area contributed by atoms with Crippen LogP contribution in [0.15, 0.2) is 78.9 Å². The van der Waals surface area contributed by atoms with Crippen LogP contribution in [-0.2, 0) is 20.9 Å². The molecule has 1 atom stereocenters. The Balaban J connectivity index is 1.23. The van der Waals surface area contributed by atoms with E-state index in [0.717, 1.165) is 36.0 Å². The highest BCUT2D eigenvalue weighted by Gasteiger charge is 2.33. The Labute approximate surface area is 228 Å². The predicted molar refractivity (Wildman–Crippen MR) is 148 cm³/mol. The van der Waals surface area contributed by atoms with Crippen molar-refractivity contribution in [1.29, 1.82) is 0 Å². The van der Waals surface area contributed by atoms with Gasteiger partial charge in [0, 0.05) is 31.5 Å². The molecule has 2 N–H and O–H groups in total. The van der Waals surface area contributed by atoms with E-state index in [1.165, 1.54) is 11.1 Å². The summed E-state index contributed by atoms with van der Waals surface area (Å²) in [7, 11) is 0. The van der Waals surface area contributed by atoms with Gasteiger partial charge in [0.05, 0.1) is 6.42 Å². The fourth-order valence-electron chi connectivity index (χ4n) is 5.61. The Hall–Kier alpha value is -4.13. The molecule has 0 saturated heterocycles. The lowest BCUT2D eigenvalue weighted by Crippen LogP contribution is -2.47. The maximum absolute atomic E-state index is 13.4. The van der Waals surface area contributed by atoms with Crippen LogP contribution in [0.25, 0.3) is 11.1 Å². The number of benzene rings is 3. The molecule has 0 radical (unpaired) electrons. The standard InChI is InChI=1S/C32H34N2O5/c35-30(34(18-17-31(36)37)20-22-9-2-1-3-10-22)19-29(23-11-8-12-23)33-32(38)39-21-28-26-15-6-4-13-24(26)25-14-5-7-16-27(25)28/h1-7,9-10,13-16,23,28-29H,8,11-12,17-21H2,(H,33,38)(H,36,37). The zero-order valence-corrected chi connectivity index (χ0v) is 21.9. The lowest BCUT2D eigenvalue weighted by atomic mass is 9.78. The van der Waals surface area contributed by atoms with Gasteiger partial charge in [-0.25, -0.2) is 4.79 Å². The number of nitrogens with one attached hydrogen (secondary N) is 1. The Morgan fingerprint density at radius 1 is 0.897 bits per heavy atom. The molecule has 2 amide bonds. The summed E-state index contributed by atoms with van der Waals surface area (Å²) < 4.78 is 5.75. The van der Waals surface area contributed by atoms with E-state index in [0.29, 0.717) is 6.54 Å². The third-order valence-corrected chi connectivity index (χ3v) is 7.92. The third-order valence-electron chi connectivity index (χ3n) is 7.92. The maximum atomic E-state index is 13.4. The van der Waals surface area contributed by atoms with Gasteiger partial charge in [-0.2, -0.15) is 0 Å². The van der Waals surface area contributed by atoms with Crippen molar-refractivity contribution in [1.82, 2.24) is 10.2 Å². The Morgan fingerprint density at radius 2 is 1.51 bits per heavy atom. The van der Waals surface area contributed by atoms with Gasteiger partial charge >= 0.3 is 12.1 Å². The number of carbonyl (C=O) groups is 3. The van der Waals surface area contributed by atoms with Gasteiger partial charge < -0.3 is 20.1 Å². The van der Waals surface area contributed by atoms with Gasteiger partial charge in [-0.3, -0.25) is 9.59 Å². The van der Waals surface area contributed by atoms with Crippen molar-refractivity contribution >= 4 is 18.0 Å². The van der Waals surface area contributed by atoms with E-state index < -0.39 is 12.1 Å². The normalized spacial score (nSPS) is 15.0. The molecule has 3 aromatic rings. The number of aliphatic carboxylic acids is 1. The van der Waals surface area contributed by atoms with Crippen LogP contribution in [0, 0.1) is 5.92 Å². The smallest absolute Gasteiger partial charge is 0.407 e. The van der Waals surface area contributed by atoms with Crippen LogP contribution in [-0.4, -0.2) is 47.2 Å². The topological polar surface area (TPSA) is 95.9 Å². The molecule has 5 rings (SSSR count). The van der Waals surface area contributed by atoms with Gasteiger partial charge in [0.1, 0.15) is 6.61 Å². The highest BCUT2D eigenvalue weighted by atomic mass is 16.5. The predicted octanol–water partition coefficient (Wildman–Crippen LogP) is 5.59. The van der Waals surface area contributed by atoms with Crippen LogP contribution in [0.2, 0.25) is 0 Å². The minimum atomic E-state index is -0.951. The van der Waals surface area contributed by atoms with Crippen LogP contribution in [0.5, 0.6) is 0 Å². The van der Waals surface area contributed by atoms with E-state index in [4.69, 9.17) is 4.74 Å². The Kier molecular flexibility index (Phi) is 8.25. The second kappa shape index (κ2) is 12.2. The number of hydrogen-bond donors (Lipinski definition) is 2. The quantitative estimate of drug-likeness (QED) is 0.340. The average Bonchev–Trinajstić information content (AvgIpc) is 3.23. The first kappa shape index (κ1) is 26.5. The highest BCUT2D eigenvalue weighted by molar-refractivity contribution is 5.80. The average molecular weight is 527 g/mol. The number of fused-ring (bicyclic) bond motifs is 3. The van der Waals surface area contributed by atoms with Crippen LogP contribution in [0.4, 0.5) is 4.79 Å². The van der Waals surface area contributed by atoms with Gasteiger partial charge in [0.25, 0.3) is 0 Å². The van der Waals surface area contributed by atoms with Crippen molar-refractivity contribution in [3.05, 3.63) is 95.6 Å². The van der Waals surface area contributed by atoms with Gasteiger partial charge in [-0.05, 0) is 46.6 Å². The summed E-state index contributed by atoms with van der Waals surface area (Å²) in [6.07, 6.45) is 2.40. The van der Waals surface area contributed by atoms with E-state index in [-0.39, 0.29) is 49.8 Å². The first-order chi connectivity index (χ1) is 19.0. The van der Waals surface area contributed by atoms with Crippen molar-refractivity contribution in [3.63, 3.8) is 0 Å². The molecule has 0 bridgehead atoms. The second-order valence-corrected chi connectivity index (χ2v) is 10.4. The van der Waals surface area contributed by atoms with Gasteiger partial charge in [0.15, 0.2) is 0 Å². The zero-order chi connectivity index (χ0) is 27.2. The molecular formula is C32H34N2O5. The summed E-state index contributed by atoms with van der Waals surface area (Å²) in [5.74, 6) is -0.957. The summed E-state index contributed by atoms with van der Waals surface area (Å²) in [5, 5.41) is 12.2. The van der Waals surface area contributed by atoms with E-state index >= 15 is 0 Å². The molecule has 39 heavy (non-hydrogen) atoms. The minimum Gasteiger partial charge on any atom is -0.481 e. The summed E-state index contributed by atoms with van der Waals surface area (Å²) in [5.41, 5.74) is 5.56. The van der Waals surface area contributed by atoms with Crippen LogP contribution < -0.4 is 5.32 Å². The molecule has 2 aliphatic carbocycles. The first-order valence-electron chi connectivity index (χ1n) is 13.6. The number of hydrogen-bond acceptors (Lipinski definition) is 4. The van der Waals surface area contributed by atoms with Crippen molar-refractivity contribution in [2.24, 2.45) is 5.92 Å². The SMILES string of the molecule is O=C(O)CCN(Cc1ccccc1)C(=O)CC(NC(=O)OCC1c2ccccc2-c2ccccc21)C1CCC1. The monoisotopic (exact) mass is 526 g/mol. The molecule has 1 saturated carbocycles. The number of ether oxygens (including phenoxy) is 1. The largest absolute Gasteiger partial charge is 0.481 e. The van der Waals surface area contributed by atoms with E-state index in [1.807, 2.05) is 54.6 Å². The van der Waals surface area contributed by atoms with Gasteiger partial charge in [-0.15, -0.1) is 0 Å². The Bertz CT molecular complexity index is 1280. The van der Waals surface area contributed by atoms with Gasteiger partial charge in [0.2, 0.25) is 5.91 Å². The fourth-order valence-corrected chi connectivity index (χ4v) is 5.61. The van der Waals surface area contributed by atoms with Crippen molar-refractivity contribution in [2.75, 3.05) is 13.2 Å². The summed E-state index contributed by atoms with van der Waals surface area (Å²) in [6, 6.07) is 25.5. The molecule has 1 unspecified atom stereocenters. The molecule has 202 valence electrons. The van der Waals surface area contributed by atoms with E-state index in [9.17, 15) is 19.5 Å². The third kappa shape index (κ3) is 6.30. The molecule has 7 heteroatoms. The van der Waals surface area contributed by atoms with Gasteiger partial charge in [-0.1, -0.05) is 85.3 Å². The lowest BCUT2D eigenvalue weighted by Gasteiger charge is -2.35. The summed E-state index contributed by atoms with van der Waals surface area (Å²) >= 11 is 0. The molecule has 0 spiro atoms. The second-order valence-electron chi connectivity index (χ2n) is 10.4. The number of rotatable bonds is 11. The highest BCUT2D eigenvalue weighted by Crippen LogP contribution is 2.44. The van der Waals surface area contributed by atoms with Crippen molar-refractivity contribution in [2.45, 2.75) is 50.6 Å². The van der Waals surface area contributed by atoms with Crippen LogP contribution in [0.3, 0.4) is 0 Å². The lowest BCUT2D eigenvalue weighted by molar-refractivity contribution is -0.139. The number of carboxylic acids is 1. The number of carboxylic acid groups (broad SMARTS) is 1.